The summed E-state index contributed by atoms with van der Waals surface area (Å²) in [6, 6.07) is 0.866. The molecule has 2 nitrogen and oxygen atoms in total. The van der Waals surface area contributed by atoms with E-state index in [4.69, 9.17) is 5.73 Å². The largest absolute Gasteiger partial charge is 0.330 e. The predicted molar refractivity (Wildman–Crippen MR) is 64.5 cm³/mol. The molecule has 0 spiro atoms. The van der Waals surface area contributed by atoms with E-state index < -0.39 is 0 Å². The maximum Gasteiger partial charge on any atom is 0.00670 e. The van der Waals surface area contributed by atoms with Gasteiger partial charge in [-0.2, -0.15) is 0 Å². The van der Waals surface area contributed by atoms with Crippen molar-refractivity contribution in [2.24, 2.45) is 5.73 Å². The van der Waals surface area contributed by atoms with Crippen LogP contribution in [0.3, 0.4) is 0 Å². The fourth-order valence-corrected chi connectivity index (χ4v) is 1.68. The summed E-state index contributed by atoms with van der Waals surface area (Å²) in [5.41, 5.74) is 5.14. The summed E-state index contributed by atoms with van der Waals surface area (Å²) < 4.78 is 0. The standard InChI is InChI=1S/C8H17N.C4H11N/c1-2-7-9-8-5-3-4-6-8;1-2-3-4-5/h8-9H,2-7H2,1H3;2-5H2,1H3. The van der Waals surface area contributed by atoms with Crippen molar-refractivity contribution in [1.82, 2.24) is 5.32 Å². The van der Waals surface area contributed by atoms with E-state index in [9.17, 15) is 0 Å². The molecule has 0 saturated heterocycles. The smallest absolute Gasteiger partial charge is 0.00670 e. The van der Waals surface area contributed by atoms with Crippen LogP contribution in [0, 0.1) is 0 Å². The number of hydrogen-bond acceptors (Lipinski definition) is 2. The first-order valence-electron chi connectivity index (χ1n) is 6.28. The van der Waals surface area contributed by atoms with Gasteiger partial charge in [-0.3, -0.25) is 0 Å². The van der Waals surface area contributed by atoms with Gasteiger partial charge in [0.1, 0.15) is 0 Å². The highest BCUT2D eigenvalue weighted by molar-refractivity contribution is 4.72. The second-order valence-corrected chi connectivity index (χ2v) is 4.08. The SMILES string of the molecule is CCCCN.CCCNC1CCCC1. The third-order valence-electron chi connectivity index (χ3n) is 2.60. The number of rotatable bonds is 5. The van der Waals surface area contributed by atoms with Crippen molar-refractivity contribution in [2.75, 3.05) is 13.1 Å². The minimum Gasteiger partial charge on any atom is -0.330 e. The third kappa shape index (κ3) is 8.52. The van der Waals surface area contributed by atoms with E-state index >= 15 is 0 Å². The maximum absolute atomic E-state index is 5.14. The summed E-state index contributed by atoms with van der Waals surface area (Å²) >= 11 is 0. The number of nitrogens with two attached hydrogens (primary N) is 1. The minimum atomic E-state index is 0.844. The molecule has 1 saturated carbocycles. The Bertz CT molecular complexity index is 96.5. The monoisotopic (exact) mass is 200 g/mol. The zero-order valence-corrected chi connectivity index (χ0v) is 10.0. The van der Waals surface area contributed by atoms with Gasteiger partial charge in [0.25, 0.3) is 0 Å². The zero-order chi connectivity index (χ0) is 10.6. The number of nitrogens with one attached hydrogen (secondary N) is 1. The summed E-state index contributed by atoms with van der Waals surface area (Å²) in [6.45, 7) is 6.41. The minimum absolute atomic E-state index is 0.844. The molecule has 1 aliphatic carbocycles. The Balaban J connectivity index is 0.000000292. The Morgan fingerprint density at radius 1 is 1.14 bits per heavy atom. The molecule has 86 valence electrons. The molecule has 1 aliphatic rings. The lowest BCUT2D eigenvalue weighted by atomic mass is 10.2. The van der Waals surface area contributed by atoms with Crippen LogP contribution in [0.4, 0.5) is 0 Å². The van der Waals surface area contributed by atoms with Crippen molar-refractivity contribution in [3.05, 3.63) is 0 Å². The summed E-state index contributed by atoms with van der Waals surface area (Å²) in [4.78, 5) is 0. The van der Waals surface area contributed by atoms with Gasteiger partial charge in [0.15, 0.2) is 0 Å². The van der Waals surface area contributed by atoms with Crippen LogP contribution in [0.15, 0.2) is 0 Å². The quantitative estimate of drug-likeness (QED) is 0.716. The van der Waals surface area contributed by atoms with Gasteiger partial charge >= 0.3 is 0 Å². The van der Waals surface area contributed by atoms with Crippen LogP contribution in [-0.4, -0.2) is 19.1 Å². The third-order valence-corrected chi connectivity index (χ3v) is 2.60. The van der Waals surface area contributed by atoms with Crippen LogP contribution in [0.2, 0.25) is 0 Å². The second kappa shape index (κ2) is 11.0. The number of hydrogen-bond donors (Lipinski definition) is 2. The first kappa shape index (κ1) is 13.9. The zero-order valence-electron chi connectivity index (χ0n) is 10.0. The molecule has 1 rings (SSSR count). The number of unbranched alkanes of at least 4 members (excludes halogenated alkanes) is 1. The fourth-order valence-electron chi connectivity index (χ4n) is 1.68. The van der Waals surface area contributed by atoms with E-state index in [-0.39, 0.29) is 0 Å². The van der Waals surface area contributed by atoms with Crippen LogP contribution >= 0.6 is 0 Å². The van der Waals surface area contributed by atoms with Gasteiger partial charge in [0.2, 0.25) is 0 Å². The Morgan fingerprint density at radius 3 is 2.14 bits per heavy atom. The molecule has 0 aromatic carbocycles. The molecule has 0 heterocycles. The summed E-state index contributed by atoms with van der Waals surface area (Å²) in [5, 5.41) is 3.53. The second-order valence-electron chi connectivity index (χ2n) is 4.08. The molecule has 0 bridgehead atoms. The Hall–Kier alpha value is -0.0800. The van der Waals surface area contributed by atoms with E-state index in [2.05, 4.69) is 19.2 Å². The summed E-state index contributed by atoms with van der Waals surface area (Å²) in [6.07, 6.45) is 9.38. The van der Waals surface area contributed by atoms with E-state index in [0.29, 0.717) is 0 Å². The van der Waals surface area contributed by atoms with E-state index in [1.165, 1.54) is 51.5 Å². The molecule has 3 N–H and O–H groups in total. The lowest BCUT2D eigenvalue weighted by molar-refractivity contribution is 0.523. The molecular weight excluding hydrogens is 172 g/mol. The van der Waals surface area contributed by atoms with E-state index in [0.717, 1.165) is 12.6 Å². The van der Waals surface area contributed by atoms with Crippen molar-refractivity contribution in [3.8, 4) is 0 Å². The normalized spacial score (nSPS) is 16.5. The predicted octanol–water partition coefficient (Wildman–Crippen LogP) is 2.67. The van der Waals surface area contributed by atoms with Crippen LogP contribution < -0.4 is 11.1 Å². The maximum atomic E-state index is 5.14. The van der Waals surface area contributed by atoms with Crippen LogP contribution in [-0.2, 0) is 0 Å². The molecule has 0 radical (unpaired) electrons. The van der Waals surface area contributed by atoms with Crippen molar-refractivity contribution >= 4 is 0 Å². The molecule has 1 fully saturated rings. The molecule has 0 aromatic rings. The molecule has 0 atom stereocenters. The first-order valence-corrected chi connectivity index (χ1v) is 6.28. The highest BCUT2D eigenvalue weighted by Crippen LogP contribution is 2.17. The van der Waals surface area contributed by atoms with Gasteiger partial charge in [-0.05, 0) is 38.8 Å². The van der Waals surface area contributed by atoms with Crippen molar-refractivity contribution < 1.29 is 0 Å². The van der Waals surface area contributed by atoms with E-state index in [1.807, 2.05) is 0 Å². The van der Waals surface area contributed by atoms with Crippen molar-refractivity contribution in [1.29, 1.82) is 0 Å². The van der Waals surface area contributed by atoms with Crippen molar-refractivity contribution in [2.45, 2.75) is 64.8 Å². The molecule has 0 unspecified atom stereocenters. The highest BCUT2D eigenvalue weighted by atomic mass is 14.9. The summed E-state index contributed by atoms with van der Waals surface area (Å²) in [7, 11) is 0. The highest BCUT2D eigenvalue weighted by Gasteiger charge is 2.12. The van der Waals surface area contributed by atoms with Crippen LogP contribution in [0.5, 0.6) is 0 Å². The molecule has 14 heavy (non-hydrogen) atoms. The average Bonchev–Trinajstić information content (AvgIpc) is 2.69. The Labute approximate surface area is 89.6 Å². The molecule has 2 heteroatoms. The van der Waals surface area contributed by atoms with Crippen LogP contribution in [0.25, 0.3) is 0 Å². The Kier molecular flexibility index (Phi) is 10.9. The van der Waals surface area contributed by atoms with Gasteiger partial charge in [-0.1, -0.05) is 33.1 Å². The topological polar surface area (TPSA) is 38.0 Å². The van der Waals surface area contributed by atoms with E-state index in [1.54, 1.807) is 0 Å². The summed E-state index contributed by atoms with van der Waals surface area (Å²) in [5.74, 6) is 0. The van der Waals surface area contributed by atoms with Gasteiger partial charge in [0, 0.05) is 6.04 Å². The van der Waals surface area contributed by atoms with Gasteiger partial charge in [-0.15, -0.1) is 0 Å². The van der Waals surface area contributed by atoms with Gasteiger partial charge in [-0.25, -0.2) is 0 Å². The Morgan fingerprint density at radius 2 is 1.79 bits per heavy atom. The molecule has 0 aliphatic heterocycles. The van der Waals surface area contributed by atoms with Gasteiger partial charge in [0.05, 0.1) is 0 Å². The molecular formula is C12H28N2. The average molecular weight is 200 g/mol. The lowest BCUT2D eigenvalue weighted by Gasteiger charge is -2.09. The van der Waals surface area contributed by atoms with Gasteiger partial charge < -0.3 is 11.1 Å². The molecule has 0 aromatic heterocycles. The fraction of sp³-hybridized carbons (Fsp3) is 1.00. The lowest BCUT2D eigenvalue weighted by Crippen LogP contribution is -2.26. The first-order chi connectivity index (χ1) is 6.85. The van der Waals surface area contributed by atoms with Crippen LogP contribution in [0.1, 0.15) is 58.8 Å². The van der Waals surface area contributed by atoms with Crippen molar-refractivity contribution in [3.63, 3.8) is 0 Å². The molecule has 0 amide bonds.